The molecule has 1 unspecified atom stereocenters. The quantitative estimate of drug-likeness (QED) is 0.504. The third-order valence-electron chi connectivity index (χ3n) is 3.44. The highest BCUT2D eigenvalue weighted by Crippen LogP contribution is 2.19. The molecule has 0 aromatic heterocycles. The number of nitrogens with two attached hydrogens (primary N) is 1. The molecular formula is C15H21NO3. The van der Waals surface area contributed by atoms with Crippen LogP contribution in [0.25, 0.3) is 0 Å². The maximum absolute atomic E-state index is 11.9. The number of ether oxygens (including phenoxy) is 2. The molecule has 1 saturated heterocycles. The van der Waals surface area contributed by atoms with E-state index in [9.17, 15) is 4.79 Å². The van der Waals surface area contributed by atoms with Gasteiger partial charge in [0.05, 0.1) is 18.3 Å². The summed E-state index contributed by atoms with van der Waals surface area (Å²) in [4.78, 5) is 11.9. The lowest BCUT2D eigenvalue weighted by atomic mass is 10.1. The molecule has 1 fully saturated rings. The number of aryl methyl sites for hydroxylation is 1. The number of carbonyl (C=O) groups excluding carboxylic acids is 1. The monoisotopic (exact) mass is 263 g/mol. The smallest absolute Gasteiger partial charge is 0.340 e. The second-order valence-electron chi connectivity index (χ2n) is 4.95. The number of hydrogen-bond acceptors (Lipinski definition) is 4. The Morgan fingerprint density at radius 2 is 2.37 bits per heavy atom. The van der Waals surface area contributed by atoms with Crippen LogP contribution in [0.3, 0.4) is 0 Å². The van der Waals surface area contributed by atoms with Gasteiger partial charge in [-0.3, -0.25) is 0 Å². The van der Waals surface area contributed by atoms with Crippen molar-refractivity contribution in [3.63, 3.8) is 0 Å². The van der Waals surface area contributed by atoms with Gasteiger partial charge >= 0.3 is 5.97 Å². The van der Waals surface area contributed by atoms with Crippen molar-refractivity contribution < 1.29 is 14.3 Å². The van der Waals surface area contributed by atoms with Gasteiger partial charge in [-0.2, -0.15) is 0 Å². The minimum Gasteiger partial charge on any atom is -0.462 e. The maximum atomic E-state index is 11.9. The Balaban J connectivity index is 1.77. The van der Waals surface area contributed by atoms with Gasteiger partial charge in [-0.25, -0.2) is 4.79 Å². The zero-order valence-corrected chi connectivity index (χ0v) is 11.4. The molecule has 104 valence electrons. The first-order chi connectivity index (χ1) is 9.18. The van der Waals surface area contributed by atoms with E-state index in [0.29, 0.717) is 24.0 Å². The van der Waals surface area contributed by atoms with E-state index in [1.807, 2.05) is 19.1 Å². The third kappa shape index (κ3) is 3.70. The second kappa shape index (κ2) is 6.57. The van der Waals surface area contributed by atoms with Crippen molar-refractivity contribution in [2.24, 2.45) is 0 Å². The first-order valence-corrected chi connectivity index (χ1v) is 6.82. The van der Waals surface area contributed by atoms with Crippen molar-refractivity contribution in [1.82, 2.24) is 0 Å². The molecular weight excluding hydrogens is 242 g/mol. The summed E-state index contributed by atoms with van der Waals surface area (Å²) in [6.45, 7) is 3.15. The van der Waals surface area contributed by atoms with Crippen molar-refractivity contribution >= 4 is 11.7 Å². The lowest BCUT2D eigenvalue weighted by molar-refractivity contribution is 0.0461. The Bertz CT molecular complexity index is 419. The van der Waals surface area contributed by atoms with Gasteiger partial charge in [-0.1, -0.05) is 12.1 Å². The highest BCUT2D eigenvalue weighted by atomic mass is 16.5. The first-order valence-electron chi connectivity index (χ1n) is 6.82. The molecule has 4 nitrogen and oxygen atoms in total. The molecule has 0 bridgehead atoms. The van der Waals surface area contributed by atoms with Gasteiger partial charge in [0.1, 0.15) is 0 Å². The molecule has 1 aromatic rings. The van der Waals surface area contributed by atoms with Crippen LogP contribution in [0, 0.1) is 6.92 Å². The van der Waals surface area contributed by atoms with Crippen LogP contribution in [-0.4, -0.2) is 25.3 Å². The molecule has 0 saturated carbocycles. The molecule has 0 amide bonds. The lowest BCUT2D eigenvalue weighted by Gasteiger charge is -2.11. The van der Waals surface area contributed by atoms with E-state index in [1.54, 1.807) is 6.07 Å². The number of benzene rings is 1. The van der Waals surface area contributed by atoms with Gasteiger partial charge in [0, 0.05) is 12.3 Å². The first kappa shape index (κ1) is 13.9. The van der Waals surface area contributed by atoms with Crippen LogP contribution in [-0.2, 0) is 9.47 Å². The number of nitrogen functional groups attached to an aromatic ring is 1. The Kier molecular flexibility index (Phi) is 4.80. The number of esters is 1. The van der Waals surface area contributed by atoms with Crippen molar-refractivity contribution in [2.45, 2.75) is 38.7 Å². The minimum absolute atomic E-state index is 0.331. The molecule has 2 rings (SSSR count). The van der Waals surface area contributed by atoms with Crippen LogP contribution < -0.4 is 5.73 Å². The summed E-state index contributed by atoms with van der Waals surface area (Å²) in [5.41, 5.74) is 7.62. The molecule has 1 aromatic carbocycles. The van der Waals surface area contributed by atoms with E-state index in [0.717, 1.165) is 37.9 Å². The van der Waals surface area contributed by atoms with E-state index < -0.39 is 0 Å². The Morgan fingerprint density at radius 1 is 1.53 bits per heavy atom. The van der Waals surface area contributed by atoms with Crippen LogP contribution >= 0.6 is 0 Å². The van der Waals surface area contributed by atoms with Gasteiger partial charge in [-0.05, 0) is 44.2 Å². The third-order valence-corrected chi connectivity index (χ3v) is 3.44. The topological polar surface area (TPSA) is 61.6 Å². The summed E-state index contributed by atoms with van der Waals surface area (Å²) >= 11 is 0. The van der Waals surface area contributed by atoms with Crippen LogP contribution in [0.4, 0.5) is 5.69 Å². The normalized spacial score (nSPS) is 18.5. The molecule has 0 aliphatic carbocycles. The average molecular weight is 263 g/mol. The lowest BCUT2D eigenvalue weighted by Crippen LogP contribution is -2.12. The molecule has 1 heterocycles. The summed E-state index contributed by atoms with van der Waals surface area (Å²) in [6, 6.07) is 5.41. The SMILES string of the molecule is Cc1cccc(N)c1C(=O)OCCCC1CCCO1. The number of rotatable bonds is 5. The van der Waals surface area contributed by atoms with Crippen LogP contribution in [0.1, 0.15) is 41.6 Å². The Hall–Kier alpha value is -1.55. The fourth-order valence-corrected chi connectivity index (χ4v) is 2.39. The van der Waals surface area contributed by atoms with Crippen LogP contribution in [0.15, 0.2) is 18.2 Å². The van der Waals surface area contributed by atoms with Crippen molar-refractivity contribution in [3.8, 4) is 0 Å². The Morgan fingerprint density at radius 3 is 3.05 bits per heavy atom. The van der Waals surface area contributed by atoms with E-state index in [4.69, 9.17) is 15.2 Å². The fraction of sp³-hybridized carbons (Fsp3) is 0.533. The summed E-state index contributed by atoms with van der Waals surface area (Å²) < 4.78 is 10.8. The Labute approximate surface area is 113 Å². The summed E-state index contributed by atoms with van der Waals surface area (Å²) in [6.07, 6.45) is 4.41. The highest BCUT2D eigenvalue weighted by Gasteiger charge is 2.16. The van der Waals surface area contributed by atoms with Crippen LogP contribution in [0.2, 0.25) is 0 Å². The largest absolute Gasteiger partial charge is 0.462 e. The van der Waals surface area contributed by atoms with E-state index in [-0.39, 0.29) is 5.97 Å². The van der Waals surface area contributed by atoms with E-state index >= 15 is 0 Å². The van der Waals surface area contributed by atoms with Gasteiger partial charge in [-0.15, -0.1) is 0 Å². The molecule has 1 aliphatic rings. The molecule has 1 atom stereocenters. The zero-order chi connectivity index (χ0) is 13.7. The summed E-state index contributed by atoms with van der Waals surface area (Å²) in [7, 11) is 0. The van der Waals surface area contributed by atoms with Crippen molar-refractivity contribution in [1.29, 1.82) is 0 Å². The molecule has 0 spiro atoms. The van der Waals surface area contributed by atoms with Crippen LogP contribution in [0.5, 0.6) is 0 Å². The maximum Gasteiger partial charge on any atom is 0.340 e. The summed E-state index contributed by atoms with van der Waals surface area (Å²) in [5, 5.41) is 0. The molecule has 2 N–H and O–H groups in total. The number of carbonyl (C=O) groups is 1. The minimum atomic E-state index is -0.331. The average Bonchev–Trinajstić information content (AvgIpc) is 2.87. The van der Waals surface area contributed by atoms with Crippen molar-refractivity contribution in [2.75, 3.05) is 18.9 Å². The van der Waals surface area contributed by atoms with E-state index in [2.05, 4.69) is 0 Å². The molecule has 0 radical (unpaired) electrons. The predicted octanol–water partition coefficient (Wildman–Crippen LogP) is 2.69. The van der Waals surface area contributed by atoms with Crippen molar-refractivity contribution in [3.05, 3.63) is 29.3 Å². The highest BCUT2D eigenvalue weighted by molar-refractivity contribution is 5.96. The fourth-order valence-electron chi connectivity index (χ4n) is 2.39. The second-order valence-corrected chi connectivity index (χ2v) is 4.95. The molecule has 1 aliphatic heterocycles. The van der Waals surface area contributed by atoms with Gasteiger partial charge in [0.25, 0.3) is 0 Å². The molecule has 19 heavy (non-hydrogen) atoms. The van der Waals surface area contributed by atoms with Gasteiger partial charge in [0.2, 0.25) is 0 Å². The van der Waals surface area contributed by atoms with Gasteiger partial charge in [0.15, 0.2) is 0 Å². The standard InChI is InChI=1S/C15H21NO3/c1-11-5-2-8-13(16)14(11)15(17)19-10-4-7-12-6-3-9-18-12/h2,5,8,12H,3-4,6-7,9-10,16H2,1H3. The summed E-state index contributed by atoms with van der Waals surface area (Å²) in [5.74, 6) is -0.331. The zero-order valence-electron chi connectivity index (χ0n) is 11.4. The number of hydrogen-bond donors (Lipinski definition) is 1. The number of anilines is 1. The van der Waals surface area contributed by atoms with Gasteiger partial charge < -0.3 is 15.2 Å². The van der Waals surface area contributed by atoms with E-state index in [1.165, 1.54) is 0 Å². The molecule has 4 heteroatoms. The predicted molar refractivity (Wildman–Crippen MR) is 74.1 cm³/mol.